The topological polar surface area (TPSA) is 74.2 Å². The molecular formula is C45H27N3O3. The number of aromatic nitrogens is 3. The Bertz CT molecular complexity index is 3380. The molecule has 11 rings (SSSR count). The fourth-order valence-electron chi connectivity index (χ4n) is 7.02. The maximum absolute atomic E-state index is 9.37. The fraction of sp³-hybridized carbons (Fsp3) is 0.0444. The highest BCUT2D eigenvalue weighted by Gasteiger charge is 2.33. The van der Waals surface area contributed by atoms with Gasteiger partial charge in [0.15, 0.2) is 17.5 Å². The molecule has 2 aliphatic rings. The molecule has 0 spiro atoms. The summed E-state index contributed by atoms with van der Waals surface area (Å²) in [5.41, 5.74) is 5.30. The first-order chi connectivity index (χ1) is 28.6. The lowest BCUT2D eigenvalue weighted by atomic mass is 9.89. The largest absolute Gasteiger partial charge is 0.485 e. The van der Waals surface area contributed by atoms with Gasteiger partial charge in [0.2, 0.25) is 0 Å². The van der Waals surface area contributed by atoms with Crippen LogP contribution in [-0.4, -0.2) is 21.1 Å². The summed E-state index contributed by atoms with van der Waals surface area (Å²) in [5.74, 6) is -1.08. The molecule has 0 saturated carbocycles. The van der Waals surface area contributed by atoms with Crippen molar-refractivity contribution >= 4 is 49.5 Å². The highest BCUT2D eigenvalue weighted by atomic mass is 16.5. The molecule has 0 saturated heterocycles. The number of benzene rings is 6. The van der Waals surface area contributed by atoms with Crippen molar-refractivity contribution < 1.29 is 24.5 Å². The van der Waals surface area contributed by atoms with E-state index in [1.54, 1.807) is 12.1 Å². The Morgan fingerprint density at radius 3 is 2.27 bits per heavy atom. The summed E-state index contributed by atoms with van der Waals surface area (Å²) in [4.78, 5) is 14.5. The van der Waals surface area contributed by atoms with E-state index in [0.29, 0.717) is 33.1 Å². The minimum atomic E-state index is -1.23. The summed E-state index contributed by atoms with van der Waals surface area (Å²) in [7, 11) is 0. The van der Waals surface area contributed by atoms with Gasteiger partial charge < -0.3 is 13.6 Å². The van der Waals surface area contributed by atoms with Crippen LogP contribution in [0.1, 0.15) is 28.3 Å². The molecule has 0 N–H and O–H groups in total. The van der Waals surface area contributed by atoms with Gasteiger partial charge in [-0.25, -0.2) is 15.0 Å². The second-order valence-electron chi connectivity index (χ2n) is 12.4. The predicted molar refractivity (Wildman–Crippen MR) is 201 cm³/mol. The molecule has 1 aliphatic heterocycles. The van der Waals surface area contributed by atoms with E-state index in [4.69, 9.17) is 35.4 Å². The summed E-state index contributed by atoms with van der Waals surface area (Å²) >= 11 is 0. The Hall–Kier alpha value is -6.79. The standard InChI is InChI=1S/C45H27N3O3/c1-2-9-26(10-3-1)43-46-44(29-18-21-33-31-12-5-7-15-37(31)51-41(33)25-29)48-45(47-43)34-13-8-16-39-42(34)35-23-27(19-22-38(35)49-39)28-17-20-32-30-11-4-6-14-36(30)50-40(32)24-28/h1-25,33,41H/i5D,7D,12D,13D,15D,18D,21D,25D. The van der Waals surface area contributed by atoms with Crippen molar-refractivity contribution in [3.63, 3.8) is 0 Å². The van der Waals surface area contributed by atoms with Crippen LogP contribution in [0.25, 0.3) is 83.4 Å². The van der Waals surface area contributed by atoms with Gasteiger partial charge in [-0.15, -0.1) is 0 Å². The van der Waals surface area contributed by atoms with Gasteiger partial charge in [-0.2, -0.15) is 0 Å². The quantitative estimate of drug-likeness (QED) is 0.186. The number of hydrogen-bond donors (Lipinski definition) is 0. The van der Waals surface area contributed by atoms with Crippen LogP contribution in [-0.2, 0) is 0 Å². The van der Waals surface area contributed by atoms with Crippen LogP contribution >= 0.6 is 0 Å². The molecule has 6 nitrogen and oxygen atoms in total. The second kappa shape index (κ2) is 10.9. The summed E-state index contributed by atoms with van der Waals surface area (Å²) in [5, 5.41) is 3.34. The molecule has 6 heteroatoms. The molecule has 4 heterocycles. The van der Waals surface area contributed by atoms with Crippen LogP contribution in [0, 0.1) is 0 Å². The van der Waals surface area contributed by atoms with E-state index in [0.717, 1.165) is 33.1 Å². The number of furan rings is 2. The van der Waals surface area contributed by atoms with Crippen molar-refractivity contribution in [2.45, 2.75) is 12.0 Å². The van der Waals surface area contributed by atoms with Gasteiger partial charge in [-0.1, -0.05) is 103 Å². The molecule has 0 bridgehead atoms. The molecule has 0 fully saturated rings. The first-order valence-corrected chi connectivity index (χ1v) is 16.4. The first-order valence-electron chi connectivity index (χ1n) is 20.4. The second-order valence-corrected chi connectivity index (χ2v) is 12.4. The minimum Gasteiger partial charge on any atom is -0.485 e. The molecule has 1 aliphatic carbocycles. The first kappa shape index (κ1) is 21.3. The van der Waals surface area contributed by atoms with Crippen molar-refractivity contribution in [1.82, 2.24) is 15.0 Å². The molecule has 0 amide bonds. The third kappa shape index (κ3) is 4.46. The normalized spacial score (nSPS) is 19.2. The maximum atomic E-state index is 9.37. The number of allylic oxidation sites excluding steroid dienone is 2. The van der Waals surface area contributed by atoms with Crippen LogP contribution in [0.3, 0.4) is 0 Å². The number of para-hydroxylation sites is 2. The highest BCUT2D eigenvalue weighted by molar-refractivity contribution is 6.13. The van der Waals surface area contributed by atoms with Crippen LogP contribution in [0.4, 0.5) is 0 Å². The van der Waals surface area contributed by atoms with E-state index < -0.39 is 30.1 Å². The number of nitrogens with zero attached hydrogens (tertiary/aromatic N) is 3. The van der Waals surface area contributed by atoms with Crippen LogP contribution in [0.2, 0.25) is 0 Å². The smallest absolute Gasteiger partial charge is 0.164 e. The van der Waals surface area contributed by atoms with Gasteiger partial charge in [0.05, 0.1) is 11.0 Å². The summed E-state index contributed by atoms with van der Waals surface area (Å²) < 4.78 is 89.0. The van der Waals surface area contributed by atoms with E-state index in [2.05, 4.69) is 0 Å². The highest BCUT2D eigenvalue weighted by Crippen LogP contribution is 2.43. The Balaban J connectivity index is 1.11. The molecule has 3 aromatic heterocycles. The zero-order valence-corrected chi connectivity index (χ0v) is 26.5. The zero-order chi connectivity index (χ0) is 40.4. The maximum Gasteiger partial charge on any atom is 0.164 e. The average molecular weight is 666 g/mol. The minimum absolute atomic E-state index is 0.0371. The summed E-state index contributed by atoms with van der Waals surface area (Å²) in [6.45, 7) is 0. The van der Waals surface area contributed by atoms with Crippen molar-refractivity contribution in [2.75, 3.05) is 0 Å². The van der Waals surface area contributed by atoms with E-state index in [1.807, 2.05) is 91.0 Å². The van der Waals surface area contributed by atoms with Crippen LogP contribution in [0.5, 0.6) is 5.75 Å². The van der Waals surface area contributed by atoms with Gasteiger partial charge in [0, 0.05) is 49.7 Å². The van der Waals surface area contributed by atoms with E-state index in [9.17, 15) is 4.11 Å². The van der Waals surface area contributed by atoms with Crippen LogP contribution in [0.15, 0.2) is 160 Å². The summed E-state index contributed by atoms with van der Waals surface area (Å²) in [6, 6.07) is 29.7. The van der Waals surface area contributed by atoms with Crippen molar-refractivity contribution in [3.8, 4) is 39.7 Å². The Labute approximate surface area is 303 Å². The molecule has 6 aromatic carbocycles. The number of hydrogen-bond acceptors (Lipinski definition) is 6. The van der Waals surface area contributed by atoms with E-state index in [-0.39, 0.29) is 64.6 Å². The fourth-order valence-corrected chi connectivity index (χ4v) is 7.02. The lowest BCUT2D eigenvalue weighted by Gasteiger charge is -2.18. The number of rotatable bonds is 4. The third-order valence-corrected chi connectivity index (χ3v) is 9.43. The molecule has 2 atom stereocenters. The van der Waals surface area contributed by atoms with Crippen molar-refractivity contribution in [3.05, 3.63) is 163 Å². The lowest BCUT2D eigenvalue weighted by molar-refractivity contribution is 0.269. The molecule has 240 valence electrons. The van der Waals surface area contributed by atoms with E-state index >= 15 is 0 Å². The van der Waals surface area contributed by atoms with Gasteiger partial charge in [0.1, 0.15) is 34.2 Å². The monoisotopic (exact) mass is 665 g/mol. The van der Waals surface area contributed by atoms with E-state index in [1.165, 1.54) is 0 Å². The lowest BCUT2D eigenvalue weighted by Crippen LogP contribution is -2.18. The SMILES string of the molecule is [2H]C1=C([2H])C2c3c([2H])c([2H])c([2H])c([2H])c3OC2C([2H])=C1c1nc(-c2ccccc2)nc(-c2c([2H])ccc3oc4ccc(-c5ccc6c(c5)oc5ccccc56)cc4c23)n1. The molecule has 9 aromatic rings. The van der Waals surface area contributed by atoms with Gasteiger partial charge in [-0.3, -0.25) is 0 Å². The van der Waals surface area contributed by atoms with Crippen LogP contribution < -0.4 is 4.74 Å². The van der Waals surface area contributed by atoms with Gasteiger partial charge in [0.25, 0.3) is 0 Å². The Morgan fingerprint density at radius 2 is 1.31 bits per heavy atom. The molecule has 0 radical (unpaired) electrons. The van der Waals surface area contributed by atoms with Crippen molar-refractivity contribution in [2.24, 2.45) is 0 Å². The summed E-state index contributed by atoms with van der Waals surface area (Å²) in [6.07, 6.45) is -1.23. The average Bonchev–Trinajstić information content (AvgIpc) is 3.96. The third-order valence-electron chi connectivity index (χ3n) is 9.43. The number of ether oxygens (including phenoxy) is 1. The predicted octanol–water partition coefficient (Wildman–Crippen LogP) is 11.2. The number of fused-ring (bicyclic) bond motifs is 9. The van der Waals surface area contributed by atoms with Gasteiger partial charge in [-0.05, 0) is 59.6 Å². The Morgan fingerprint density at radius 1 is 0.569 bits per heavy atom. The molecule has 51 heavy (non-hydrogen) atoms. The Kier molecular flexibility index (Phi) is 4.54. The molecular weight excluding hydrogens is 631 g/mol. The van der Waals surface area contributed by atoms with Gasteiger partial charge >= 0.3 is 0 Å². The zero-order valence-electron chi connectivity index (χ0n) is 34.5. The molecule has 2 unspecified atom stereocenters. The van der Waals surface area contributed by atoms with Crippen molar-refractivity contribution in [1.29, 1.82) is 0 Å².